The first kappa shape index (κ1) is 14.7. The Morgan fingerprint density at radius 3 is 2.73 bits per heavy atom. The van der Waals surface area contributed by atoms with E-state index in [0.29, 0.717) is 13.0 Å². The van der Waals surface area contributed by atoms with Gasteiger partial charge in [0.15, 0.2) is 0 Å². The third-order valence-electron chi connectivity index (χ3n) is 4.41. The molecule has 0 unspecified atom stereocenters. The van der Waals surface area contributed by atoms with Crippen LogP contribution in [0.2, 0.25) is 0 Å². The Hall–Kier alpha value is -2.20. The van der Waals surface area contributed by atoms with Crippen molar-refractivity contribution >= 4 is 5.97 Å². The number of nitrogens with zero attached hydrogens (tertiary/aromatic N) is 1. The molecule has 0 bridgehead atoms. The molecule has 1 aromatic heterocycles. The molecule has 0 radical (unpaired) electrons. The van der Waals surface area contributed by atoms with Gasteiger partial charge in [0.2, 0.25) is 0 Å². The number of rotatable bonds is 4. The minimum Gasteiger partial charge on any atom is -0.481 e. The van der Waals surface area contributed by atoms with Gasteiger partial charge in [-0.2, -0.15) is 0 Å². The van der Waals surface area contributed by atoms with Crippen molar-refractivity contribution in [2.75, 3.05) is 13.1 Å². The first-order valence-corrected chi connectivity index (χ1v) is 7.63. The van der Waals surface area contributed by atoms with E-state index >= 15 is 0 Å². The summed E-state index contributed by atoms with van der Waals surface area (Å²) >= 11 is 0. The molecule has 0 aliphatic carbocycles. The zero-order chi connectivity index (χ0) is 15.4. The molecular formula is C18H20N2O2. The molecule has 1 atom stereocenters. The SMILES string of the molecule is O=C(O)[C@@]1(Cc2cccc(-c3ccncc3)c2)CCCNC1. The van der Waals surface area contributed by atoms with Gasteiger partial charge in [0.1, 0.15) is 0 Å². The molecule has 1 aliphatic heterocycles. The van der Waals surface area contributed by atoms with Gasteiger partial charge in [-0.1, -0.05) is 24.3 Å². The summed E-state index contributed by atoms with van der Waals surface area (Å²) in [5, 5.41) is 12.9. The second kappa shape index (κ2) is 6.28. The molecular weight excluding hydrogens is 276 g/mol. The van der Waals surface area contributed by atoms with E-state index in [0.717, 1.165) is 36.1 Å². The minimum atomic E-state index is -0.700. The molecule has 1 aromatic carbocycles. The Morgan fingerprint density at radius 2 is 2.05 bits per heavy atom. The number of hydrogen-bond donors (Lipinski definition) is 2. The molecule has 2 aromatic rings. The Kier molecular flexibility index (Phi) is 4.20. The van der Waals surface area contributed by atoms with Crippen LogP contribution in [0.15, 0.2) is 48.8 Å². The van der Waals surface area contributed by atoms with Crippen molar-refractivity contribution in [3.8, 4) is 11.1 Å². The smallest absolute Gasteiger partial charge is 0.311 e. The van der Waals surface area contributed by atoms with Crippen molar-refractivity contribution in [3.63, 3.8) is 0 Å². The molecule has 3 rings (SSSR count). The fraction of sp³-hybridized carbons (Fsp3) is 0.333. The van der Waals surface area contributed by atoms with Gasteiger partial charge < -0.3 is 10.4 Å². The van der Waals surface area contributed by atoms with Crippen LogP contribution in [0.1, 0.15) is 18.4 Å². The van der Waals surface area contributed by atoms with E-state index in [1.165, 1.54) is 0 Å². The van der Waals surface area contributed by atoms with Crippen LogP contribution in [0.25, 0.3) is 11.1 Å². The summed E-state index contributed by atoms with van der Waals surface area (Å²) in [5.74, 6) is -0.700. The van der Waals surface area contributed by atoms with Crippen LogP contribution >= 0.6 is 0 Å². The van der Waals surface area contributed by atoms with Gasteiger partial charge >= 0.3 is 5.97 Å². The third kappa shape index (κ3) is 3.02. The van der Waals surface area contributed by atoms with Crippen LogP contribution in [0.5, 0.6) is 0 Å². The lowest BCUT2D eigenvalue weighted by molar-refractivity contribution is -0.150. The first-order valence-electron chi connectivity index (χ1n) is 7.63. The maximum atomic E-state index is 11.8. The summed E-state index contributed by atoms with van der Waals surface area (Å²) in [5.41, 5.74) is 2.59. The lowest BCUT2D eigenvalue weighted by Crippen LogP contribution is -2.47. The van der Waals surface area contributed by atoms with Crippen molar-refractivity contribution in [2.24, 2.45) is 5.41 Å². The highest BCUT2D eigenvalue weighted by molar-refractivity contribution is 5.76. The molecule has 1 saturated heterocycles. The predicted octanol–water partition coefficient (Wildman–Crippen LogP) is 2.75. The predicted molar refractivity (Wildman–Crippen MR) is 85.5 cm³/mol. The Balaban J connectivity index is 1.87. The molecule has 0 amide bonds. The van der Waals surface area contributed by atoms with Crippen molar-refractivity contribution in [1.82, 2.24) is 10.3 Å². The van der Waals surface area contributed by atoms with E-state index in [1.54, 1.807) is 12.4 Å². The maximum absolute atomic E-state index is 11.8. The molecule has 4 heteroatoms. The first-order chi connectivity index (χ1) is 10.7. The number of aliphatic carboxylic acids is 1. The Morgan fingerprint density at radius 1 is 1.23 bits per heavy atom. The fourth-order valence-corrected chi connectivity index (χ4v) is 3.17. The third-order valence-corrected chi connectivity index (χ3v) is 4.41. The number of hydrogen-bond acceptors (Lipinski definition) is 3. The molecule has 1 aliphatic rings. The van der Waals surface area contributed by atoms with E-state index in [9.17, 15) is 9.90 Å². The van der Waals surface area contributed by atoms with Crippen LogP contribution in [-0.4, -0.2) is 29.1 Å². The van der Waals surface area contributed by atoms with E-state index in [1.807, 2.05) is 30.3 Å². The lowest BCUT2D eigenvalue weighted by Gasteiger charge is -2.33. The topological polar surface area (TPSA) is 62.2 Å². The van der Waals surface area contributed by atoms with Gasteiger partial charge in [-0.3, -0.25) is 9.78 Å². The van der Waals surface area contributed by atoms with Crippen LogP contribution in [0.4, 0.5) is 0 Å². The summed E-state index contributed by atoms with van der Waals surface area (Å²) in [6.07, 6.45) is 5.75. The van der Waals surface area contributed by atoms with Crippen molar-refractivity contribution in [3.05, 3.63) is 54.4 Å². The average molecular weight is 296 g/mol. The average Bonchev–Trinajstić information content (AvgIpc) is 2.57. The molecule has 4 nitrogen and oxygen atoms in total. The minimum absolute atomic E-state index is 0.543. The van der Waals surface area contributed by atoms with E-state index < -0.39 is 11.4 Å². The quantitative estimate of drug-likeness (QED) is 0.910. The summed E-state index contributed by atoms with van der Waals surface area (Å²) in [4.78, 5) is 15.8. The summed E-state index contributed by atoms with van der Waals surface area (Å²) in [6.45, 7) is 1.45. The zero-order valence-corrected chi connectivity index (χ0v) is 12.5. The largest absolute Gasteiger partial charge is 0.481 e. The van der Waals surface area contributed by atoms with Gasteiger partial charge in [-0.15, -0.1) is 0 Å². The molecule has 0 saturated carbocycles. The number of aromatic nitrogens is 1. The standard InChI is InChI=1S/C18H20N2O2/c21-17(22)18(7-2-8-20-13-18)12-14-3-1-4-16(11-14)15-5-9-19-10-6-15/h1,3-6,9-11,20H,2,7-8,12-13H2,(H,21,22)/t18-/m1/s1. The zero-order valence-electron chi connectivity index (χ0n) is 12.5. The number of pyridine rings is 1. The van der Waals surface area contributed by atoms with Gasteiger partial charge in [-0.25, -0.2) is 0 Å². The molecule has 114 valence electrons. The van der Waals surface area contributed by atoms with Gasteiger partial charge in [0.25, 0.3) is 0 Å². The maximum Gasteiger partial charge on any atom is 0.311 e. The number of piperidine rings is 1. The van der Waals surface area contributed by atoms with E-state index in [2.05, 4.69) is 16.4 Å². The fourth-order valence-electron chi connectivity index (χ4n) is 3.17. The number of carboxylic acid groups (broad SMARTS) is 1. The van der Waals surface area contributed by atoms with Crippen LogP contribution in [-0.2, 0) is 11.2 Å². The monoisotopic (exact) mass is 296 g/mol. The van der Waals surface area contributed by atoms with E-state index in [-0.39, 0.29) is 0 Å². The Labute approximate surface area is 130 Å². The van der Waals surface area contributed by atoms with Crippen LogP contribution in [0.3, 0.4) is 0 Å². The summed E-state index contributed by atoms with van der Waals surface area (Å²) in [6, 6.07) is 12.1. The number of carbonyl (C=O) groups is 1. The van der Waals surface area contributed by atoms with Gasteiger partial charge in [0.05, 0.1) is 5.41 Å². The van der Waals surface area contributed by atoms with Crippen molar-refractivity contribution < 1.29 is 9.90 Å². The normalized spacial score (nSPS) is 21.5. The summed E-state index contributed by atoms with van der Waals surface area (Å²) < 4.78 is 0. The number of benzene rings is 1. The molecule has 2 N–H and O–H groups in total. The molecule has 22 heavy (non-hydrogen) atoms. The van der Waals surface area contributed by atoms with Gasteiger partial charge in [-0.05, 0) is 54.6 Å². The van der Waals surface area contributed by atoms with E-state index in [4.69, 9.17) is 0 Å². The summed E-state index contributed by atoms with van der Waals surface area (Å²) in [7, 11) is 0. The van der Waals surface area contributed by atoms with Crippen LogP contribution < -0.4 is 5.32 Å². The highest BCUT2D eigenvalue weighted by Gasteiger charge is 2.39. The molecule has 0 spiro atoms. The lowest BCUT2D eigenvalue weighted by atomic mass is 9.75. The van der Waals surface area contributed by atoms with Crippen molar-refractivity contribution in [2.45, 2.75) is 19.3 Å². The highest BCUT2D eigenvalue weighted by Crippen LogP contribution is 2.32. The highest BCUT2D eigenvalue weighted by atomic mass is 16.4. The second-order valence-corrected chi connectivity index (χ2v) is 5.98. The second-order valence-electron chi connectivity index (χ2n) is 5.98. The van der Waals surface area contributed by atoms with Crippen LogP contribution in [0, 0.1) is 5.41 Å². The van der Waals surface area contributed by atoms with Gasteiger partial charge in [0, 0.05) is 18.9 Å². The molecule has 2 heterocycles. The molecule has 1 fully saturated rings. The number of carboxylic acids is 1. The number of nitrogens with one attached hydrogen (secondary N) is 1. The van der Waals surface area contributed by atoms with Crippen molar-refractivity contribution in [1.29, 1.82) is 0 Å². The Bertz CT molecular complexity index is 649.